The Balaban J connectivity index is 1.84. The van der Waals surface area contributed by atoms with Gasteiger partial charge in [0.25, 0.3) is 0 Å². The zero-order valence-corrected chi connectivity index (χ0v) is 13.3. The van der Waals surface area contributed by atoms with E-state index in [4.69, 9.17) is 4.74 Å². The van der Waals surface area contributed by atoms with Crippen LogP contribution in [0.4, 0.5) is 5.69 Å². The lowest BCUT2D eigenvalue weighted by molar-refractivity contribution is -0.119. The van der Waals surface area contributed by atoms with Crippen LogP contribution in [0.1, 0.15) is 33.8 Å². The topological polar surface area (TPSA) is 46.6 Å². The number of nitrogens with zero attached hydrogens (tertiary/aromatic N) is 1. The Labute approximate surface area is 135 Å². The lowest BCUT2D eigenvalue weighted by Gasteiger charge is -2.31. The third-order valence-corrected chi connectivity index (χ3v) is 4.39. The molecule has 0 radical (unpaired) electrons. The van der Waals surface area contributed by atoms with Crippen molar-refractivity contribution in [3.05, 3.63) is 65.2 Å². The van der Waals surface area contributed by atoms with E-state index in [-0.39, 0.29) is 17.8 Å². The Hall–Kier alpha value is -2.62. The number of carbonyl (C=O) groups is 2. The minimum absolute atomic E-state index is 0.139. The van der Waals surface area contributed by atoms with Crippen LogP contribution in [-0.2, 0) is 16.0 Å². The van der Waals surface area contributed by atoms with Crippen LogP contribution in [-0.4, -0.2) is 26.0 Å². The fraction of sp³-hybridized carbons (Fsp3) is 0.263. The quantitative estimate of drug-likeness (QED) is 0.818. The number of anilines is 1. The number of rotatable bonds is 3. The number of ether oxygens (including phenoxy) is 1. The molecule has 0 saturated heterocycles. The monoisotopic (exact) mass is 309 g/mol. The number of hydrogen-bond donors (Lipinski definition) is 0. The number of esters is 1. The van der Waals surface area contributed by atoms with E-state index in [9.17, 15) is 9.59 Å². The van der Waals surface area contributed by atoms with Crippen molar-refractivity contribution in [1.82, 2.24) is 0 Å². The molecule has 0 bridgehead atoms. The van der Waals surface area contributed by atoms with E-state index in [0.717, 1.165) is 17.7 Å². The first-order valence-corrected chi connectivity index (χ1v) is 7.63. The highest BCUT2D eigenvalue weighted by molar-refractivity contribution is 5.96. The summed E-state index contributed by atoms with van der Waals surface area (Å²) in [5.41, 5.74) is 3.83. The number of benzene rings is 2. The van der Waals surface area contributed by atoms with Gasteiger partial charge in [-0.15, -0.1) is 0 Å². The van der Waals surface area contributed by atoms with E-state index in [1.54, 1.807) is 17.0 Å². The second-order valence-electron chi connectivity index (χ2n) is 5.81. The van der Waals surface area contributed by atoms with Gasteiger partial charge in [-0.05, 0) is 41.7 Å². The smallest absolute Gasteiger partial charge is 0.337 e. The fourth-order valence-corrected chi connectivity index (χ4v) is 3.09. The Bertz CT molecular complexity index is 737. The van der Waals surface area contributed by atoms with Crippen molar-refractivity contribution >= 4 is 17.6 Å². The molecule has 23 heavy (non-hydrogen) atoms. The molecule has 0 saturated carbocycles. The maximum atomic E-state index is 12.2. The Morgan fingerprint density at radius 2 is 1.87 bits per heavy atom. The number of hydrogen-bond acceptors (Lipinski definition) is 3. The molecule has 2 aromatic rings. The Morgan fingerprint density at radius 3 is 2.57 bits per heavy atom. The number of methoxy groups -OCH3 is 1. The van der Waals surface area contributed by atoms with Gasteiger partial charge in [0.05, 0.1) is 12.7 Å². The summed E-state index contributed by atoms with van der Waals surface area (Å²) in [5, 5.41) is 0. The van der Waals surface area contributed by atoms with Gasteiger partial charge in [0.1, 0.15) is 0 Å². The highest BCUT2D eigenvalue weighted by Crippen LogP contribution is 2.36. The van der Waals surface area contributed by atoms with Crippen LogP contribution in [0.5, 0.6) is 0 Å². The molecule has 4 nitrogen and oxygen atoms in total. The molecule has 0 N–H and O–H groups in total. The summed E-state index contributed by atoms with van der Waals surface area (Å²) in [7, 11) is 3.19. The third-order valence-electron chi connectivity index (χ3n) is 4.39. The first kappa shape index (κ1) is 15.3. The summed E-state index contributed by atoms with van der Waals surface area (Å²) in [6.07, 6.45) is 1.28. The van der Waals surface area contributed by atoms with Crippen LogP contribution in [0.25, 0.3) is 0 Å². The Kier molecular flexibility index (Phi) is 4.15. The molecule has 1 atom stereocenters. The third kappa shape index (κ3) is 2.97. The van der Waals surface area contributed by atoms with Crippen molar-refractivity contribution in [2.75, 3.05) is 19.1 Å². The van der Waals surface area contributed by atoms with Gasteiger partial charge in [-0.2, -0.15) is 0 Å². The van der Waals surface area contributed by atoms with Gasteiger partial charge in [0.15, 0.2) is 0 Å². The van der Waals surface area contributed by atoms with E-state index in [2.05, 4.69) is 6.07 Å². The van der Waals surface area contributed by atoms with Crippen molar-refractivity contribution in [2.24, 2.45) is 0 Å². The van der Waals surface area contributed by atoms with Crippen LogP contribution in [0.15, 0.2) is 48.5 Å². The van der Waals surface area contributed by atoms with Gasteiger partial charge in [-0.25, -0.2) is 4.79 Å². The van der Waals surface area contributed by atoms with E-state index < -0.39 is 0 Å². The average molecular weight is 309 g/mol. The van der Waals surface area contributed by atoms with E-state index in [1.807, 2.05) is 37.4 Å². The minimum atomic E-state index is -0.337. The molecule has 1 heterocycles. The maximum absolute atomic E-state index is 12.2. The molecule has 0 spiro atoms. The normalized spacial score (nSPS) is 16.9. The summed E-state index contributed by atoms with van der Waals surface area (Å²) in [5.74, 6) is -0.0323. The number of amides is 1. The minimum Gasteiger partial charge on any atom is -0.465 e. The predicted octanol–water partition coefficient (Wildman–Crippen LogP) is 3.17. The molecular weight excluding hydrogens is 290 g/mol. The van der Waals surface area contributed by atoms with Crippen LogP contribution in [0.3, 0.4) is 0 Å². The van der Waals surface area contributed by atoms with Crippen molar-refractivity contribution in [3.8, 4) is 0 Å². The second-order valence-corrected chi connectivity index (χ2v) is 5.81. The molecule has 0 aromatic heterocycles. The predicted molar refractivity (Wildman–Crippen MR) is 88.7 cm³/mol. The lowest BCUT2D eigenvalue weighted by Crippen LogP contribution is -2.33. The van der Waals surface area contributed by atoms with Gasteiger partial charge < -0.3 is 9.64 Å². The van der Waals surface area contributed by atoms with Crippen LogP contribution in [0, 0.1) is 0 Å². The number of fused-ring (bicyclic) bond motifs is 1. The lowest BCUT2D eigenvalue weighted by atomic mass is 9.85. The molecular formula is C19H19NO3. The van der Waals surface area contributed by atoms with Crippen molar-refractivity contribution < 1.29 is 14.3 Å². The molecule has 1 unspecified atom stereocenters. The molecule has 1 aliphatic heterocycles. The summed E-state index contributed by atoms with van der Waals surface area (Å²) in [4.78, 5) is 25.4. The Morgan fingerprint density at radius 1 is 1.17 bits per heavy atom. The van der Waals surface area contributed by atoms with Crippen molar-refractivity contribution in [1.29, 1.82) is 0 Å². The standard InChI is InChI=1S/C19H19NO3/c1-20-17-6-4-3-5-16(17)15(12-18(20)21)11-13-7-9-14(10-8-13)19(22)23-2/h3-10,15H,11-12H2,1-2H3. The number of para-hydroxylation sites is 1. The first-order chi connectivity index (χ1) is 11.1. The fourth-order valence-electron chi connectivity index (χ4n) is 3.09. The largest absolute Gasteiger partial charge is 0.465 e. The van der Waals surface area contributed by atoms with Crippen molar-refractivity contribution in [2.45, 2.75) is 18.8 Å². The highest BCUT2D eigenvalue weighted by atomic mass is 16.5. The zero-order chi connectivity index (χ0) is 16.4. The molecule has 118 valence electrons. The van der Waals surface area contributed by atoms with Gasteiger partial charge in [-0.1, -0.05) is 30.3 Å². The highest BCUT2D eigenvalue weighted by Gasteiger charge is 2.28. The van der Waals surface area contributed by atoms with Gasteiger partial charge >= 0.3 is 5.97 Å². The molecule has 1 aliphatic rings. The summed E-state index contributed by atoms with van der Waals surface area (Å²) in [6, 6.07) is 15.4. The summed E-state index contributed by atoms with van der Waals surface area (Å²) >= 11 is 0. The zero-order valence-electron chi connectivity index (χ0n) is 13.3. The van der Waals surface area contributed by atoms with Gasteiger partial charge in [0, 0.05) is 19.2 Å². The first-order valence-electron chi connectivity index (χ1n) is 7.63. The molecule has 0 fully saturated rings. The summed E-state index contributed by atoms with van der Waals surface area (Å²) < 4.78 is 4.71. The second kappa shape index (κ2) is 6.24. The SMILES string of the molecule is COC(=O)c1ccc(CC2CC(=O)N(C)c3ccccc32)cc1. The van der Waals surface area contributed by atoms with Crippen molar-refractivity contribution in [3.63, 3.8) is 0 Å². The summed E-state index contributed by atoms with van der Waals surface area (Å²) in [6.45, 7) is 0. The number of carbonyl (C=O) groups excluding carboxylic acids is 2. The van der Waals surface area contributed by atoms with Gasteiger partial charge in [0.2, 0.25) is 5.91 Å². The molecule has 1 amide bonds. The van der Waals surface area contributed by atoms with E-state index in [0.29, 0.717) is 12.0 Å². The molecule has 4 heteroatoms. The van der Waals surface area contributed by atoms with Gasteiger partial charge in [-0.3, -0.25) is 4.79 Å². The van der Waals surface area contributed by atoms with Crippen LogP contribution >= 0.6 is 0 Å². The average Bonchev–Trinajstić information content (AvgIpc) is 2.59. The molecule has 2 aromatic carbocycles. The molecule has 3 rings (SSSR count). The van der Waals surface area contributed by atoms with Crippen LogP contribution in [0.2, 0.25) is 0 Å². The van der Waals surface area contributed by atoms with Crippen LogP contribution < -0.4 is 4.90 Å². The van der Waals surface area contributed by atoms with E-state index in [1.165, 1.54) is 12.7 Å². The molecule has 0 aliphatic carbocycles. The maximum Gasteiger partial charge on any atom is 0.337 e. The van der Waals surface area contributed by atoms with E-state index >= 15 is 0 Å².